The molecule has 1 aliphatic heterocycles. The molecule has 0 fully saturated rings. The molecule has 2 heterocycles. The van der Waals surface area contributed by atoms with Crippen LogP contribution in [-0.4, -0.2) is 41.2 Å². The highest BCUT2D eigenvalue weighted by Crippen LogP contribution is 2.25. The molecule has 2 aromatic carbocycles. The molecule has 1 aliphatic rings. The third kappa shape index (κ3) is 5.19. The van der Waals surface area contributed by atoms with Gasteiger partial charge >= 0.3 is 0 Å². The normalized spacial score (nSPS) is 14.8. The van der Waals surface area contributed by atoms with E-state index in [1.54, 1.807) is 12.1 Å². The molecule has 0 unspecified atom stereocenters. The van der Waals surface area contributed by atoms with Crippen LogP contribution in [0.2, 0.25) is 10.0 Å². The van der Waals surface area contributed by atoms with Crippen LogP contribution in [0.4, 0.5) is 4.39 Å². The molecule has 4 rings (SSSR count). The molecule has 0 saturated heterocycles. The van der Waals surface area contributed by atoms with Crippen molar-refractivity contribution < 1.29 is 12.8 Å². The molecule has 0 spiro atoms. The fourth-order valence-electron chi connectivity index (χ4n) is 3.47. The number of primary sulfonamides is 1. The molecular formula is C21H20Cl2FN5O2S. The zero-order chi connectivity index (χ0) is 22.9. The average Bonchev–Trinajstić information content (AvgIpc) is 3.12. The Labute approximate surface area is 195 Å². The topological polar surface area (TPSA) is 94.1 Å². The van der Waals surface area contributed by atoms with Crippen molar-refractivity contribution >= 4 is 33.2 Å². The molecule has 7 nitrogen and oxygen atoms in total. The summed E-state index contributed by atoms with van der Waals surface area (Å²) in [5, 5.41) is 10.5. The standard InChI is InChI=1S/C21H20Cl2FN5O2S/c22-16-6-4-14(10-17(16)23)11-21-26-20(13-28-8-2-1-3-9-28)27-29(21)19-7-5-15(12-18(19)24)32(25,30)31/h1-2,4-7,10,12H,3,8-9,11,13H2,(H2,25,30,31). The third-order valence-corrected chi connectivity index (χ3v) is 6.70. The first-order valence-electron chi connectivity index (χ1n) is 9.79. The number of halogens is 3. The first kappa shape index (κ1) is 22.9. The van der Waals surface area contributed by atoms with Gasteiger partial charge in [0.25, 0.3) is 0 Å². The quantitative estimate of drug-likeness (QED) is 0.526. The van der Waals surface area contributed by atoms with E-state index in [9.17, 15) is 12.8 Å². The van der Waals surface area contributed by atoms with Crippen molar-refractivity contribution in [2.45, 2.75) is 24.3 Å². The summed E-state index contributed by atoms with van der Waals surface area (Å²) in [5.41, 5.74) is 0.895. The van der Waals surface area contributed by atoms with E-state index < -0.39 is 15.8 Å². The molecule has 11 heteroatoms. The Morgan fingerprint density at radius 3 is 2.56 bits per heavy atom. The van der Waals surface area contributed by atoms with Crippen LogP contribution < -0.4 is 5.14 Å². The summed E-state index contributed by atoms with van der Waals surface area (Å²) in [6.45, 7) is 2.17. The van der Waals surface area contributed by atoms with Crippen molar-refractivity contribution in [3.8, 4) is 5.69 Å². The van der Waals surface area contributed by atoms with Gasteiger partial charge in [0.05, 0.1) is 21.5 Å². The second-order valence-corrected chi connectivity index (χ2v) is 9.81. The molecule has 3 aromatic rings. The van der Waals surface area contributed by atoms with E-state index in [2.05, 4.69) is 27.1 Å². The van der Waals surface area contributed by atoms with Crippen LogP contribution in [-0.2, 0) is 23.0 Å². The Bertz CT molecular complexity index is 1290. The summed E-state index contributed by atoms with van der Waals surface area (Å²) in [7, 11) is -4.03. The summed E-state index contributed by atoms with van der Waals surface area (Å²) in [6, 6.07) is 8.66. The van der Waals surface area contributed by atoms with Gasteiger partial charge < -0.3 is 0 Å². The van der Waals surface area contributed by atoms with Gasteiger partial charge in [-0.3, -0.25) is 4.90 Å². The van der Waals surface area contributed by atoms with Gasteiger partial charge in [-0.1, -0.05) is 41.4 Å². The maximum Gasteiger partial charge on any atom is 0.238 e. The fourth-order valence-corrected chi connectivity index (χ4v) is 4.31. The predicted octanol–water partition coefficient (Wildman–Crippen LogP) is 3.71. The smallest absolute Gasteiger partial charge is 0.238 e. The van der Waals surface area contributed by atoms with Gasteiger partial charge in [-0.25, -0.2) is 27.6 Å². The van der Waals surface area contributed by atoms with E-state index in [1.807, 2.05) is 6.07 Å². The highest BCUT2D eigenvalue weighted by atomic mass is 35.5. The van der Waals surface area contributed by atoms with Crippen molar-refractivity contribution in [3.05, 3.63) is 81.6 Å². The largest absolute Gasteiger partial charge is 0.292 e. The highest BCUT2D eigenvalue weighted by Gasteiger charge is 2.19. The van der Waals surface area contributed by atoms with Crippen molar-refractivity contribution in [3.63, 3.8) is 0 Å². The lowest BCUT2D eigenvalue weighted by Gasteiger charge is -2.20. The Kier molecular flexibility index (Phi) is 6.64. The number of nitrogens with zero attached hydrogens (tertiary/aromatic N) is 4. The Hall–Kier alpha value is -2.30. The maximum absolute atomic E-state index is 14.9. The summed E-state index contributed by atoms with van der Waals surface area (Å²) in [5.74, 6) is 0.239. The molecule has 0 bridgehead atoms. The summed E-state index contributed by atoms with van der Waals surface area (Å²) >= 11 is 12.2. The predicted molar refractivity (Wildman–Crippen MR) is 121 cm³/mol. The minimum absolute atomic E-state index is 0.0738. The van der Waals surface area contributed by atoms with Gasteiger partial charge in [0.1, 0.15) is 17.3 Å². The first-order chi connectivity index (χ1) is 15.2. The van der Waals surface area contributed by atoms with Crippen molar-refractivity contribution in [2.24, 2.45) is 5.14 Å². The van der Waals surface area contributed by atoms with Gasteiger partial charge in [-0.15, -0.1) is 5.10 Å². The third-order valence-electron chi connectivity index (χ3n) is 5.05. The number of benzene rings is 2. The average molecular weight is 496 g/mol. The van der Waals surface area contributed by atoms with E-state index in [0.717, 1.165) is 31.1 Å². The van der Waals surface area contributed by atoms with Crippen molar-refractivity contribution in [2.75, 3.05) is 13.1 Å². The number of nitrogens with two attached hydrogens (primary N) is 1. The molecule has 168 valence electrons. The molecule has 2 N–H and O–H groups in total. The number of rotatable bonds is 6. The Balaban J connectivity index is 1.73. The van der Waals surface area contributed by atoms with E-state index in [4.69, 9.17) is 28.3 Å². The van der Waals surface area contributed by atoms with Crippen molar-refractivity contribution in [1.82, 2.24) is 19.7 Å². The number of aromatic nitrogens is 3. The van der Waals surface area contributed by atoms with Crippen molar-refractivity contribution in [1.29, 1.82) is 0 Å². The number of sulfonamides is 1. The highest BCUT2D eigenvalue weighted by molar-refractivity contribution is 7.89. The molecule has 32 heavy (non-hydrogen) atoms. The number of hydrogen-bond donors (Lipinski definition) is 1. The molecule has 1 aromatic heterocycles. The van der Waals surface area contributed by atoms with Crippen LogP contribution in [0.25, 0.3) is 5.69 Å². The van der Waals surface area contributed by atoms with Crippen LogP contribution in [0, 0.1) is 5.82 Å². The zero-order valence-electron chi connectivity index (χ0n) is 16.9. The van der Waals surface area contributed by atoms with Crippen LogP contribution in [0.3, 0.4) is 0 Å². The summed E-state index contributed by atoms with van der Waals surface area (Å²) in [6.07, 6.45) is 5.48. The van der Waals surface area contributed by atoms with Crippen LogP contribution in [0.15, 0.2) is 53.4 Å². The maximum atomic E-state index is 14.9. The van der Waals surface area contributed by atoms with E-state index in [0.29, 0.717) is 34.7 Å². The first-order valence-corrected chi connectivity index (χ1v) is 12.1. The summed E-state index contributed by atoms with van der Waals surface area (Å²) < 4.78 is 39.4. The van der Waals surface area contributed by atoms with Crippen LogP contribution in [0.1, 0.15) is 23.6 Å². The van der Waals surface area contributed by atoms with Gasteiger partial charge in [0.15, 0.2) is 5.82 Å². The van der Waals surface area contributed by atoms with E-state index in [1.165, 1.54) is 16.8 Å². The fraction of sp³-hybridized carbons (Fsp3) is 0.238. The molecule has 0 atom stereocenters. The molecule has 0 aliphatic carbocycles. The molecule has 0 radical (unpaired) electrons. The van der Waals surface area contributed by atoms with Gasteiger partial charge in [-0.05, 0) is 42.3 Å². The second-order valence-electron chi connectivity index (χ2n) is 7.43. The lowest BCUT2D eigenvalue weighted by Crippen LogP contribution is -2.27. The SMILES string of the molecule is NS(=O)(=O)c1ccc(-n2nc(CN3CC=CCC3)nc2Cc2ccc(Cl)c(Cl)c2)c(F)c1. The zero-order valence-corrected chi connectivity index (χ0v) is 19.2. The molecule has 0 saturated carbocycles. The minimum atomic E-state index is -4.03. The van der Waals surface area contributed by atoms with E-state index >= 15 is 0 Å². The minimum Gasteiger partial charge on any atom is -0.292 e. The summed E-state index contributed by atoms with van der Waals surface area (Å²) in [4.78, 5) is 6.51. The van der Waals surface area contributed by atoms with Gasteiger partial charge in [0.2, 0.25) is 10.0 Å². The molecule has 0 amide bonds. The van der Waals surface area contributed by atoms with E-state index in [-0.39, 0.29) is 10.6 Å². The second kappa shape index (κ2) is 9.29. The van der Waals surface area contributed by atoms with Gasteiger partial charge in [-0.2, -0.15) is 0 Å². The Morgan fingerprint density at radius 2 is 1.91 bits per heavy atom. The van der Waals surface area contributed by atoms with Crippen LogP contribution >= 0.6 is 23.2 Å². The Morgan fingerprint density at radius 1 is 1.09 bits per heavy atom. The lowest BCUT2D eigenvalue weighted by molar-refractivity contribution is 0.283. The molecular weight excluding hydrogens is 476 g/mol. The van der Waals surface area contributed by atoms with Gasteiger partial charge in [0, 0.05) is 19.5 Å². The monoisotopic (exact) mass is 495 g/mol. The van der Waals surface area contributed by atoms with Crippen LogP contribution in [0.5, 0.6) is 0 Å². The number of hydrogen-bond acceptors (Lipinski definition) is 5. The lowest BCUT2D eigenvalue weighted by atomic mass is 10.1.